The number of nitriles is 2. The molecule has 0 saturated carbocycles. The molecular formula is C20H20N6S2. The minimum Gasteiger partial charge on any atom is -0.392 e. The monoisotopic (exact) mass is 408 g/mol. The molecule has 0 unspecified atom stereocenters. The number of rotatable bonds is 7. The highest BCUT2D eigenvalue weighted by molar-refractivity contribution is 8.03. The van der Waals surface area contributed by atoms with E-state index in [0.717, 1.165) is 21.2 Å². The minimum absolute atomic E-state index is 0.0605. The number of nitrogens with one attached hydrogen (secondary N) is 2. The van der Waals surface area contributed by atoms with Crippen LogP contribution in [-0.2, 0) is 0 Å². The summed E-state index contributed by atoms with van der Waals surface area (Å²) in [6.45, 7) is 0. The van der Waals surface area contributed by atoms with E-state index in [1.54, 1.807) is 14.1 Å². The number of hydrogen-bond acceptors (Lipinski definition) is 8. The molecule has 0 heterocycles. The summed E-state index contributed by atoms with van der Waals surface area (Å²) in [5.41, 5.74) is 14.2. The Kier molecular flexibility index (Phi) is 7.70. The van der Waals surface area contributed by atoms with Gasteiger partial charge < -0.3 is 22.1 Å². The van der Waals surface area contributed by atoms with Gasteiger partial charge in [0.2, 0.25) is 0 Å². The molecule has 0 bridgehead atoms. The first-order chi connectivity index (χ1) is 13.5. The van der Waals surface area contributed by atoms with Crippen LogP contribution >= 0.6 is 23.5 Å². The van der Waals surface area contributed by atoms with Crippen LogP contribution in [0.2, 0.25) is 0 Å². The second-order valence-corrected chi connectivity index (χ2v) is 7.57. The maximum Gasteiger partial charge on any atom is 0.103 e. The molecule has 2 rings (SSSR count). The summed E-state index contributed by atoms with van der Waals surface area (Å²) in [6.07, 6.45) is 0. The molecular weight excluding hydrogens is 388 g/mol. The van der Waals surface area contributed by atoms with Gasteiger partial charge in [-0.25, -0.2) is 0 Å². The summed E-state index contributed by atoms with van der Waals surface area (Å²) in [7, 11) is 3.61. The Labute approximate surface area is 173 Å². The van der Waals surface area contributed by atoms with Crippen LogP contribution in [0.15, 0.2) is 79.5 Å². The number of allylic oxidation sites excluding steroid dienone is 2. The SMILES string of the molecule is CNc1ccccc1S/C(N)=C(C#N)/C(C#N)=C(\N)Sc1ccccc1NC. The molecule has 0 radical (unpaired) electrons. The van der Waals surface area contributed by atoms with Crippen molar-refractivity contribution < 1.29 is 0 Å². The smallest absolute Gasteiger partial charge is 0.103 e. The third-order valence-electron chi connectivity index (χ3n) is 3.72. The molecule has 0 saturated heterocycles. The zero-order chi connectivity index (χ0) is 20.5. The second kappa shape index (κ2) is 10.2. The van der Waals surface area contributed by atoms with Gasteiger partial charge in [-0.3, -0.25) is 0 Å². The normalized spacial score (nSPS) is 12.1. The zero-order valence-electron chi connectivity index (χ0n) is 15.5. The summed E-state index contributed by atoms with van der Waals surface area (Å²) in [4.78, 5) is 1.69. The van der Waals surface area contributed by atoms with E-state index in [1.807, 2.05) is 60.7 Å². The molecule has 0 aliphatic carbocycles. The molecule has 0 amide bonds. The van der Waals surface area contributed by atoms with Crippen molar-refractivity contribution >= 4 is 34.9 Å². The van der Waals surface area contributed by atoms with Gasteiger partial charge >= 0.3 is 0 Å². The largest absolute Gasteiger partial charge is 0.392 e. The molecule has 0 atom stereocenters. The Morgan fingerprint density at radius 3 is 1.43 bits per heavy atom. The Hall–Kier alpha value is -3.20. The predicted octanol–water partition coefficient (Wildman–Crippen LogP) is 4.04. The lowest BCUT2D eigenvalue weighted by Crippen LogP contribution is -2.06. The van der Waals surface area contributed by atoms with Gasteiger partial charge in [0, 0.05) is 35.3 Å². The summed E-state index contributed by atoms with van der Waals surface area (Å²) in [6, 6.07) is 19.2. The van der Waals surface area contributed by atoms with Crippen molar-refractivity contribution in [3.05, 3.63) is 69.7 Å². The van der Waals surface area contributed by atoms with Gasteiger partial charge in [-0.1, -0.05) is 47.8 Å². The van der Waals surface area contributed by atoms with Crippen molar-refractivity contribution in [3.8, 4) is 12.1 Å². The van der Waals surface area contributed by atoms with Crippen molar-refractivity contribution in [3.63, 3.8) is 0 Å². The maximum atomic E-state index is 9.64. The van der Waals surface area contributed by atoms with Crippen molar-refractivity contribution in [1.82, 2.24) is 0 Å². The van der Waals surface area contributed by atoms with Crippen LogP contribution in [0.4, 0.5) is 11.4 Å². The van der Waals surface area contributed by atoms with E-state index >= 15 is 0 Å². The summed E-state index contributed by atoms with van der Waals surface area (Å²) < 4.78 is 0. The Balaban J connectivity index is 2.43. The summed E-state index contributed by atoms with van der Waals surface area (Å²) in [5.74, 6) is 0. The molecule has 0 aliphatic heterocycles. The molecule has 6 N–H and O–H groups in total. The number of hydrogen-bond donors (Lipinski definition) is 4. The molecule has 0 fully saturated rings. The van der Waals surface area contributed by atoms with Gasteiger partial charge in [0.1, 0.15) is 23.3 Å². The molecule has 2 aromatic carbocycles. The van der Waals surface area contributed by atoms with E-state index in [-0.39, 0.29) is 21.2 Å². The van der Waals surface area contributed by atoms with Crippen molar-refractivity contribution in [2.24, 2.45) is 11.5 Å². The highest BCUT2D eigenvalue weighted by Crippen LogP contribution is 2.36. The van der Waals surface area contributed by atoms with Crippen LogP contribution in [0, 0.1) is 22.7 Å². The molecule has 0 spiro atoms. The molecule has 8 heteroatoms. The molecule has 0 aliphatic rings. The molecule has 142 valence electrons. The van der Waals surface area contributed by atoms with E-state index in [0.29, 0.717) is 0 Å². The zero-order valence-corrected chi connectivity index (χ0v) is 17.1. The standard InChI is InChI=1S/C20H20N6S2/c1-25-15-7-3-5-9-17(15)27-19(23)13(11-21)14(12-22)20(24)28-18-10-6-4-8-16(18)26-2/h3-10,25-26H,23-24H2,1-2H3/b19-13+,20-14+. The van der Waals surface area contributed by atoms with Crippen molar-refractivity contribution in [1.29, 1.82) is 10.5 Å². The summed E-state index contributed by atoms with van der Waals surface area (Å²) >= 11 is 2.42. The van der Waals surface area contributed by atoms with Gasteiger partial charge in [0.15, 0.2) is 0 Å². The Morgan fingerprint density at radius 2 is 1.11 bits per heavy atom. The first-order valence-electron chi connectivity index (χ1n) is 8.25. The first kappa shape index (κ1) is 21.1. The lowest BCUT2D eigenvalue weighted by Gasteiger charge is -2.12. The molecule has 28 heavy (non-hydrogen) atoms. The third kappa shape index (κ3) is 4.95. The third-order valence-corrected chi connectivity index (χ3v) is 5.72. The van der Waals surface area contributed by atoms with Crippen LogP contribution in [0.1, 0.15) is 0 Å². The highest BCUT2D eigenvalue weighted by Gasteiger charge is 2.17. The summed E-state index contributed by atoms with van der Waals surface area (Å²) in [5, 5.41) is 25.9. The number of benzene rings is 2. The van der Waals surface area contributed by atoms with E-state index in [2.05, 4.69) is 10.6 Å². The second-order valence-electron chi connectivity index (χ2n) is 5.40. The number of nitrogens with two attached hydrogens (primary N) is 2. The fourth-order valence-corrected chi connectivity index (χ4v) is 4.16. The van der Waals surface area contributed by atoms with Crippen LogP contribution in [0.25, 0.3) is 0 Å². The van der Waals surface area contributed by atoms with E-state index < -0.39 is 0 Å². The number of nitrogens with zero attached hydrogens (tertiary/aromatic N) is 2. The molecule has 2 aromatic rings. The fraction of sp³-hybridized carbons (Fsp3) is 0.100. The van der Waals surface area contributed by atoms with Crippen LogP contribution < -0.4 is 22.1 Å². The van der Waals surface area contributed by atoms with Crippen LogP contribution in [0.5, 0.6) is 0 Å². The van der Waals surface area contributed by atoms with Crippen LogP contribution in [-0.4, -0.2) is 14.1 Å². The van der Waals surface area contributed by atoms with Crippen molar-refractivity contribution in [2.75, 3.05) is 24.7 Å². The average molecular weight is 409 g/mol. The minimum atomic E-state index is 0.0605. The molecule has 0 aromatic heterocycles. The average Bonchev–Trinajstić information content (AvgIpc) is 2.72. The van der Waals surface area contributed by atoms with E-state index in [1.165, 1.54) is 23.5 Å². The van der Waals surface area contributed by atoms with Gasteiger partial charge in [-0.05, 0) is 24.3 Å². The fourth-order valence-electron chi connectivity index (χ4n) is 2.33. The Morgan fingerprint density at radius 1 is 0.750 bits per heavy atom. The predicted molar refractivity (Wildman–Crippen MR) is 117 cm³/mol. The van der Waals surface area contributed by atoms with Gasteiger partial charge in [0.05, 0.1) is 10.1 Å². The molecule has 6 nitrogen and oxygen atoms in total. The van der Waals surface area contributed by atoms with E-state index in [4.69, 9.17) is 11.5 Å². The lowest BCUT2D eigenvalue weighted by atomic mass is 10.1. The van der Waals surface area contributed by atoms with Gasteiger partial charge in [-0.15, -0.1) is 0 Å². The topological polar surface area (TPSA) is 124 Å². The Bertz CT molecular complexity index is 917. The van der Waals surface area contributed by atoms with E-state index in [9.17, 15) is 10.5 Å². The van der Waals surface area contributed by atoms with Crippen LogP contribution in [0.3, 0.4) is 0 Å². The maximum absolute atomic E-state index is 9.64. The van der Waals surface area contributed by atoms with Gasteiger partial charge in [-0.2, -0.15) is 10.5 Å². The number of para-hydroxylation sites is 2. The van der Waals surface area contributed by atoms with Gasteiger partial charge in [0.25, 0.3) is 0 Å². The number of anilines is 2. The lowest BCUT2D eigenvalue weighted by molar-refractivity contribution is 1.33. The first-order valence-corrected chi connectivity index (χ1v) is 9.88. The number of thioether (sulfide) groups is 2. The highest BCUT2D eigenvalue weighted by atomic mass is 32.2. The van der Waals surface area contributed by atoms with Crippen molar-refractivity contribution in [2.45, 2.75) is 9.79 Å². The quantitative estimate of drug-likeness (QED) is 0.307.